The van der Waals surface area contributed by atoms with Crippen LogP contribution in [-0.2, 0) is 9.59 Å². The highest BCUT2D eigenvalue weighted by atomic mass is 16.2. The Kier molecular flexibility index (Phi) is 4.01. The number of anilines is 2. The maximum absolute atomic E-state index is 11.9. The largest absolute Gasteiger partial charge is 0.399 e. The lowest BCUT2D eigenvalue weighted by Gasteiger charge is -2.25. The summed E-state index contributed by atoms with van der Waals surface area (Å²) in [5, 5.41) is 5.54. The molecule has 0 aliphatic carbocycles. The summed E-state index contributed by atoms with van der Waals surface area (Å²) in [7, 11) is 0. The molecule has 0 atom stereocenters. The minimum absolute atomic E-state index is 0.0424. The Morgan fingerprint density at radius 2 is 2.32 bits per heavy atom. The maximum Gasteiger partial charge on any atom is 0.238 e. The molecule has 1 fully saturated rings. The summed E-state index contributed by atoms with van der Waals surface area (Å²) >= 11 is 0. The van der Waals surface area contributed by atoms with E-state index in [0.29, 0.717) is 24.5 Å². The number of nitrogen functional groups attached to an aromatic ring is 1. The van der Waals surface area contributed by atoms with E-state index in [9.17, 15) is 9.59 Å². The normalized spacial score (nSPS) is 15.9. The van der Waals surface area contributed by atoms with Gasteiger partial charge in [0.2, 0.25) is 11.8 Å². The molecule has 4 N–H and O–H groups in total. The van der Waals surface area contributed by atoms with Crippen molar-refractivity contribution in [1.82, 2.24) is 10.2 Å². The van der Waals surface area contributed by atoms with E-state index in [1.165, 1.54) is 0 Å². The van der Waals surface area contributed by atoms with Crippen LogP contribution in [0.25, 0.3) is 0 Å². The predicted octanol–water partition coefficient (Wildman–Crippen LogP) is -0.0525. The van der Waals surface area contributed by atoms with Gasteiger partial charge in [-0.1, -0.05) is 6.07 Å². The molecule has 0 unspecified atom stereocenters. The molecule has 0 bridgehead atoms. The average Bonchev–Trinajstić information content (AvgIpc) is 2.34. The molecule has 0 aromatic heterocycles. The summed E-state index contributed by atoms with van der Waals surface area (Å²) in [4.78, 5) is 25.0. The quantitative estimate of drug-likeness (QED) is 0.666. The Labute approximate surface area is 112 Å². The fourth-order valence-corrected chi connectivity index (χ4v) is 1.99. The van der Waals surface area contributed by atoms with Crippen molar-refractivity contribution < 1.29 is 9.59 Å². The molecule has 102 valence electrons. The average molecular weight is 262 g/mol. The van der Waals surface area contributed by atoms with E-state index in [1.807, 2.05) is 17.9 Å². The lowest BCUT2D eigenvalue weighted by molar-refractivity contribution is -0.125. The van der Waals surface area contributed by atoms with Gasteiger partial charge in [-0.15, -0.1) is 0 Å². The van der Waals surface area contributed by atoms with Crippen molar-refractivity contribution in [2.45, 2.75) is 6.92 Å². The number of carbonyl (C=O) groups excluding carboxylic acids is 2. The van der Waals surface area contributed by atoms with Gasteiger partial charge in [0, 0.05) is 24.5 Å². The Balaban J connectivity index is 1.93. The van der Waals surface area contributed by atoms with E-state index >= 15 is 0 Å². The first-order chi connectivity index (χ1) is 9.04. The second kappa shape index (κ2) is 5.71. The topological polar surface area (TPSA) is 87.5 Å². The third kappa shape index (κ3) is 3.69. The third-order valence-corrected chi connectivity index (χ3v) is 3.02. The number of rotatable bonds is 3. The number of hydrogen-bond acceptors (Lipinski definition) is 4. The van der Waals surface area contributed by atoms with Crippen LogP contribution in [0.1, 0.15) is 5.56 Å². The predicted molar refractivity (Wildman–Crippen MR) is 73.7 cm³/mol. The summed E-state index contributed by atoms with van der Waals surface area (Å²) < 4.78 is 0. The first-order valence-corrected chi connectivity index (χ1v) is 6.19. The zero-order valence-corrected chi connectivity index (χ0v) is 10.9. The van der Waals surface area contributed by atoms with Gasteiger partial charge in [0.15, 0.2) is 0 Å². The lowest BCUT2D eigenvalue weighted by atomic mass is 10.2. The molecule has 1 aromatic carbocycles. The highest BCUT2D eigenvalue weighted by Gasteiger charge is 2.18. The van der Waals surface area contributed by atoms with E-state index < -0.39 is 0 Å². The van der Waals surface area contributed by atoms with Crippen molar-refractivity contribution in [1.29, 1.82) is 0 Å². The summed E-state index contributed by atoms with van der Waals surface area (Å²) in [5.41, 5.74) is 7.97. The number of hydrogen-bond donors (Lipinski definition) is 3. The standard InChI is InChI=1S/C13H18N4O2/c1-9-2-3-10(14)6-11(9)16-13(19)8-17-5-4-15-12(18)7-17/h2-3,6H,4-5,7-8,14H2,1H3,(H,15,18)(H,16,19). The molecular formula is C13H18N4O2. The highest BCUT2D eigenvalue weighted by Crippen LogP contribution is 2.17. The maximum atomic E-state index is 11.9. The van der Waals surface area contributed by atoms with E-state index in [-0.39, 0.29) is 24.9 Å². The zero-order chi connectivity index (χ0) is 13.8. The van der Waals surface area contributed by atoms with Gasteiger partial charge in [-0.25, -0.2) is 0 Å². The molecule has 19 heavy (non-hydrogen) atoms. The van der Waals surface area contributed by atoms with Crippen molar-refractivity contribution in [2.75, 3.05) is 37.2 Å². The minimum Gasteiger partial charge on any atom is -0.399 e. The molecule has 6 heteroatoms. The van der Waals surface area contributed by atoms with Gasteiger partial charge in [-0.3, -0.25) is 14.5 Å². The smallest absolute Gasteiger partial charge is 0.238 e. The minimum atomic E-state index is -0.136. The van der Waals surface area contributed by atoms with Crippen LogP contribution in [0.3, 0.4) is 0 Å². The molecular weight excluding hydrogens is 244 g/mol. The van der Waals surface area contributed by atoms with Crippen LogP contribution in [0.15, 0.2) is 18.2 Å². The second-order valence-corrected chi connectivity index (χ2v) is 4.68. The van der Waals surface area contributed by atoms with Gasteiger partial charge < -0.3 is 16.4 Å². The number of benzene rings is 1. The van der Waals surface area contributed by atoms with Gasteiger partial charge in [0.1, 0.15) is 0 Å². The molecule has 1 aliphatic rings. The van der Waals surface area contributed by atoms with E-state index in [0.717, 1.165) is 5.56 Å². The SMILES string of the molecule is Cc1ccc(N)cc1NC(=O)CN1CCNC(=O)C1. The van der Waals surface area contributed by atoms with Crippen LogP contribution in [0.2, 0.25) is 0 Å². The molecule has 0 spiro atoms. The number of nitrogens with one attached hydrogen (secondary N) is 2. The summed E-state index contributed by atoms with van der Waals surface area (Å²) in [6, 6.07) is 5.38. The van der Waals surface area contributed by atoms with Gasteiger partial charge in [0.25, 0.3) is 0 Å². The van der Waals surface area contributed by atoms with Gasteiger partial charge in [-0.2, -0.15) is 0 Å². The number of aryl methyl sites for hydroxylation is 1. The highest BCUT2D eigenvalue weighted by molar-refractivity contribution is 5.93. The lowest BCUT2D eigenvalue weighted by Crippen LogP contribution is -2.49. The Morgan fingerprint density at radius 3 is 3.05 bits per heavy atom. The van der Waals surface area contributed by atoms with Gasteiger partial charge in [0.05, 0.1) is 13.1 Å². The van der Waals surface area contributed by atoms with Crippen LogP contribution >= 0.6 is 0 Å². The molecule has 0 radical (unpaired) electrons. The fourth-order valence-electron chi connectivity index (χ4n) is 1.99. The van der Waals surface area contributed by atoms with E-state index in [4.69, 9.17) is 5.73 Å². The molecule has 2 rings (SSSR count). The molecule has 1 aliphatic heterocycles. The molecule has 6 nitrogen and oxygen atoms in total. The Hall–Kier alpha value is -2.08. The summed E-state index contributed by atoms with van der Waals surface area (Å²) in [5.74, 6) is -0.178. The molecule has 1 saturated heterocycles. The fraction of sp³-hybridized carbons (Fsp3) is 0.385. The Bertz CT molecular complexity index is 501. The molecule has 1 aromatic rings. The second-order valence-electron chi connectivity index (χ2n) is 4.68. The van der Waals surface area contributed by atoms with E-state index in [1.54, 1.807) is 12.1 Å². The van der Waals surface area contributed by atoms with Crippen molar-refractivity contribution in [2.24, 2.45) is 0 Å². The number of amides is 2. The van der Waals surface area contributed by atoms with Crippen LogP contribution in [-0.4, -0.2) is 42.9 Å². The van der Waals surface area contributed by atoms with Crippen LogP contribution in [0.4, 0.5) is 11.4 Å². The number of piperazine rings is 1. The molecule has 2 amide bonds. The van der Waals surface area contributed by atoms with Crippen LogP contribution in [0.5, 0.6) is 0 Å². The van der Waals surface area contributed by atoms with Crippen molar-refractivity contribution >= 4 is 23.2 Å². The van der Waals surface area contributed by atoms with Crippen molar-refractivity contribution in [3.8, 4) is 0 Å². The summed E-state index contributed by atoms with van der Waals surface area (Å²) in [6.07, 6.45) is 0. The van der Waals surface area contributed by atoms with Crippen LogP contribution in [0, 0.1) is 6.92 Å². The van der Waals surface area contributed by atoms with Crippen LogP contribution < -0.4 is 16.4 Å². The number of carbonyl (C=O) groups is 2. The van der Waals surface area contributed by atoms with E-state index in [2.05, 4.69) is 10.6 Å². The van der Waals surface area contributed by atoms with Gasteiger partial charge >= 0.3 is 0 Å². The van der Waals surface area contributed by atoms with Crippen molar-refractivity contribution in [3.05, 3.63) is 23.8 Å². The monoisotopic (exact) mass is 262 g/mol. The zero-order valence-electron chi connectivity index (χ0n) is 10.9. The number of nitrogens with zero attached hydrogens (tertiary/aromatic N) is 1. The van der Waals surface area contributed by atoms with Gasteiger partial charge in [-0.05, 0) is 24.6 Å². The van der Waals surface area contributed by atoms with Crippen molar-refractivity contribution in [3.63, 3.8) is 0 Å². The summed E-state index contributed by atoms with van der Waals surface area (Å²) in [6.45, 7) is 3.66. The molecule has 0 saturated carbocycles. The molecule has 1 heterocycles. The first-order valence-electron chi connectivity index (χ1n) is 6.19. The third-order valence-electron chi connectivity index (χ3n) is 3.02. The number of nitrogens with two attached hydrogens (primary N) is 1. The first kappa shape index (κ1) is 13.4. The Morgan fingerprint density at radius 1 is 1.53 bits per heavy atom.